The van der Waals surface area contributed by atoms with E-state index in [1.165, 1.54) is 57.8 Å². The van der Waals surface area contributed by atoms with Gasteiger partial charge in [-0.25, -0.2) is 0 Å². The number of hydrogen-bond acceptors (Lipinski definition) is 2. The maximum absolute atomic E-state index is 11.1. The molecule has 0 bridgehead atoms. The summed E-state index contributed by atoms with van der Waals surface area (Å²) in [4.78, 5) is 11.1. The van der Waals surface area contributed by atoms with Crippen LogP contribution in [0.2, 0.25) is 0 Å². The van der Waals surface area contributed by atoms with Gasteiger partial charge in [-0.1, -0.05) is 20.8 Å². The van der Waals surface area contributed by atoms with Crippen molar-refractivity contribution in [2.75, 3.05) is 7.11 Å². The Morgan fingerprint density at radius 3 is 2.46 bits per heavy atom. The highest BCUT2D eigenvalue weighted by Gasteiger charge is 2.60. The summed E-state index contributed by atoms with van der Waals surface area (Å²) >= 11 is 0. The molecular weight excluding hydrogens is 348 g/mol. The van der Waals surface area contributed by atoms with Gasteiger partial charge in [0.05, 0.1) is 6.10 Å². The summed E-state index contributed by atoms with van der Waals surface area (Å²) in [6, 6.07) is 0. The minimum absolute atomic E-state index is 0.338. The van der Waals surface area contributed by atoms with Crippen LogP contribution in [0.15, 0.2) is 0 Å². The van der Waals surface area contributed by atoms with Crippen molar-refractivity contribution in [3.05, 3.63) is 0 Å². The van der Waals surface area contributed by atoms with Crippen LogP contribution < -0.4 is 0 Å². The molecule has 1 N–H and O–H groups in total. The van der Waals surface area contributed by atoms with Gasteiger partial charge in [-0.2, -0.15) is 0 Å². The lowest BCUT2D eigenvalue weighted by Crippen LogP contribution is -2.54. The minimum Gasteiger partial charge on any atom is -0.481 e. The molecule has 3 nitrogen and oxygen atoms in total. The lowest BCUT2D eigenvalue weighted by Gasteiger charge is -2.61. The number of carboxylic acid groups (broad SMARTS) is 1. The van der Waals surface area contributed by atoms with Gasteiger partial charge < -0.3 is 9.84 Å². The second kappa shape index (κ2) is 7.60. The second-order valence-electron chi connectivity index (χ2n) is 11.4. The third kappa shape index (κ3) is 3.24. The molecule has 0 saturated heterocycles. The Morgan fingerprint density at radius 1 is 1.04 bits per heavy atom. The van der Waals surface area contributed by atoms with E-state index in [4.69, 9.17) is 9.84 Å². The molecule has 0 spiro atoms. The number of carboxylic acids is 1. The summed E-state index contributed by atoms with van der Waals surface area (Å²) in [5.74, 6) is 4.21. The number of hydrogen-bond donors (Lipinski definition) is 1. The highest BCUT2D eigenvalue weighted by Crippen LogP contribution is 2.68. The molecule has 0 aromatic rings. The third-order valence-electron chi connectivity index (χ3n) is 10.5. The molecule has 0 radical (unpaired) electrons. The van der Waals surface area contributed by atoms with Crippen LogP contribution in [0.1, 0.15) is 91.4 Å². The molecule has 0 aliphatic heterocycles. The lowest BCUT2D eigenvalue weighted by atomic mass is 9.44. The summed E-state index contributed by atoms with van der Waals surface area (Å²) in [5, 5.41) is 9.12. The maximum Gasteiger partial charge on any atom is 0.303 e. The van der Waals surface area contributed by atoms with Gasteiger partial charge in [-0.15, -0.1) is 0 Å². The van der Waals surface area contributed by atoms with E-state index >= 15 is 0 Å². The van der Waals surface area contributed by atoms with Crippen molar-refractivity contribution in [1.82, 2.24) is 0 Å². The van der Waals surface area contributed by atoms with E-state index in [0.29, 0.717) is 29.3 Å². The summed E-state index contributed by atoms with van der Waals surface area (Å²) in [5.41, 5.74) is 0.984. The largest absolute Gasteiger partial charge is 0.481 e. The number of ether oxygens (including phenoxy) is 1. The smallest absolute Gasteiger partial charge is 0.303 e. The number of carbonyl (C=O) groups is 1. The van der Waals surface area contributed by atoms with Gasteiger partial charge in [0, 0.05) is 13.5 Å². The standard InChI is InChI=1S/C25H42O3/c1-16(5-10-23(26)27)20-8-9-21-19-7-6-17-15-18(28-4)11-13-24(17,2)22(19)12-14-25(20,21)3/h16-22H,5-15H2,1-4H3,(H,26,27)/t16-,17+,18+,19+,20-,21+,22+,24+,25-/m1/s1. The highest BCUT2D eigenvalue weighted by molar-refractivity contribution is 5.66. The van der Waals surface area contributed by atoms with Crippen molar-refractivity contribution in [3.8, 4) is 0 Å². The molecule has 4 rings (SSSR count). The van der Waals surface area contributed by atoms with E-state index in [-0.39, 0.29) is 0 Å². The molecule has 28 heavy (non-hydrogen) atoms. The predicted octanol–water partition coefficient (Wildman–Crippen LogP) is 6.16. The Bertz CT molecular complexity index is 588. The van der Waals surface area contributed by atoms with Crippen molar-refractivity contribution < 1.29 is 14.6 Å². The Balaban J connectivity index is 1.50. The molecule has 4 aliphatic rings. The van der Waals surface area contributed by atoms with E-state index in [2.05, 4.69) is 20.8 Å². The number of fused-ring (bicyclic) bond motifs is 5. The van der Waals surface area contributed by atoms with Crippen LogP contribution in [0, 0.1) is 46.3 Å². The first-order valence-electron chi connectivity index (χ1n) is 12.0. The van der Waals surface area contributed by atoms with Crippen LogP contribution in [-0.4, -0.2) is 24.3 Å². The number of aliphatic carboxylic acids is 1. The molecule has 9 atom stereocenters. The summed E-state index contributed by atoms with van der Waals surface area (Å²) in [6.07, 6.45) is 13.9. The van der Waals surface area contributed by atoms with Gasteiger partial charge in [-0.05, 0) is 111 Å². The normalized spacial score (nSPS) is 49.0. The van der Waals surface area contributed by atoms with Crippen molar-refractivity contribution in [3.63, 3.8) is 0 Å². The SMILES string of the molecule is CO[C@H]1CC[C@@]2(C)[C@@H](CC[C@@H]3[C@@H]2CC[C@]2(C)[C@@H]([C@H](C)CCC(=O)O)CC[C@@H]32)C1. The maximum atomic E-state index is 11.1. The van der Waals surface area contributed by atoms with Crippen LogP contribution in [0.5, 0.6) is 0 Å². The van der Waals surface area contributed by atoms with Crippen molar-refractivity contribution in [2.24, 2.45) is 46.3 Å². The molecule has 4 aliphatic carbocycles. The Kier molecular flexibility index (Phi) is 5.61. The van der Waals surface area contributed by atoms with Crippen LogP contribution >= 0.6 is 0 Å². The topological polar surface area (TPSA) is 46.5 Å². The van der Waals surface area contributed by atoms with Crippen LogP contribution in [0.4, 0.5) is 0 Å². The molecule has 0 amide bonds. The van der Waals surface area contributed by atoms with Crippen LogP contribution in [-0.2, 0) is 9.53 Å². The first-order chi connectivity index (χ1) is 13.3. The van der Waals surface area contributed by atoms with Gasteiger partial charge in [0.2, 0.25) is 0 Å². The molecule has 0 heterocycles. The van der Waals surface area contributed by atoms with Gasteiger partial charge >= 0.3 is 5.97 Å². The van der Waals surface area contributed by atoms with Gasteiger partial charge in [0.25, 0.3) is 0 Å². The quantitative estimate of drug-likeness (QED) is 0.611. The zero-order chi connectivity index (χ0) is 20.1. The Hall–Kier alpha value is -0.570. The third-order valence-corrected chi connectivity index (χ3v) is 10.5. The second-order valence-corrected chi connectivity index (χ2v) is 11.4. The number of rotatable bonds is 5. The fourth-order valence-corrected chi connectivity index (χ4v) is 8.96. The van der Waals surface area contributed by atoms with Crippen molar-refractivity contribution >= 4 is 5.97 Å². The van der Waals surface area contributed by atoms with Crippen molar-refractivity contribution in [1.29, 1.82) is 0 Å². The fraction of sp³-hybridized carbons (Fsp3) is 0.960. The molecule has 3 heteroatoms. The van der Waals surface area contributed by atoms with E-state index in [0.717, 1.165) is 36.0 Å². The van der Waals surface area contributed by atoms with Gasteiger partial charge in [-0.3, -0.25) is 4.79 Å². The van der Waals surface area contributed by atoms with E-state index in [1.54, 1.807) is 0 Å². The average Bonchev–Trinajstić information content (AvgIpc) is 3.02. The zero-order valence-corrected chi connectivity index (χ0v) is 18.6. The first kappa shape index (κ1) is 20.7. The molecule has 0 unspecified atom stereocenters. The molecular formula is C25H42O3. The van der Waals surface area contributed by atoms with E-state index in [9.17, 15) is 4.79 Å². The van der Waals surface area contributed by atoms with Gasteiger partial charge in [0.1, 0.15) is 0 Å². The molecule has 4 saturated carbocycles. The molecule has 4 fully saturated rings. The van der Waals surface area contributed by atoms with E-state index < -0.39 is 5.97 Å². The first-order valence-corrected chi connectivity index (χ1v) is 12.0. The monoisotopic (exact) mass is 390 g/mol. The summed E-state index contributed by atoms with van der Waals surface area (Å²) in [7, 11) is 1.90. The Morgan fingerprint density at radius 2 is 1.75 bits per heavy atom. The van der Waals surface area contributed by atoms with E-state index in [1.807, 2.05) is 7.11 Å². The highest BCUT2D eigenvalue weighted by atomic mass is 16.5. The van der Waals surface area contributed by atoms with Crippen LogP contribution in [0.25, 0.3) is 0 Å². The Labute approximate surface area is 172 Å². The molecule has 0 aromatic heterocycles. The summed E-state index contributed by atoms with van der Waals surface area (Å²) in [6.45, 7) is 7.54. The minimum atomic E-state index is -0.631. The lowest BCUT2D eigenvalue weighted by molar-refractivity contribution is -0.138. The fourth-order valence-electron chi connectivity index (χ4n) is 8.96. The zero-order valence-electron chi connectivity index (χ0n) is 18.6. The average molecular weight is 391 g/mol. The van der Waals surface area contributed by atoms with Crippen molar-refractivity contribution in [2.45, 2.75) is 97.5 Å². The molecule has 160 valence electrons. The number of methoxy groups -OCH3 is 1. The molecule has 0 aromatic carbocycles. The van der Waals surface area contributed by atoms with Crippen LogP contribution in [0.3, 0.4) is 0 Å². The summed E-state index contributed by atoms with van der Waals surface area (Å²) < 4.78 is 5.74. The van der Waals surface area contributed by atoms with Gasteiger partial charge in [0.15, 0.2) is 0 Å². The predicted molar refractivity (Wildman–Crippen MR) is 112 cm³/mol.